The van der Waals surface area contributed by atoms with E-state index in [1.807, 2.05) is 43.3 Å². The maximum atomic E-state index is 13.0. The van der Waals surface area contributed by atoms with Gasteiger partial charge >= 0.3 is 0 Å². The van der Waals surface area contributed by atoms with Crippen LogP contribution in [0.2, 0.25) is 0 Å². The molecule has 1 aliphatic heterocycles. The van der Waals surface area contributed by atoms with E-state index in [1.54, 1.807) is 4.90 Å². The summed E-state index contributed by atoms with van der Waals surface area (Å²) in [6.45, 7) is 6.76. The second-order valence-corrected chi connectivity index (χ2v) is 8.35. The number of aromatic nitrogens is 2. The van der Waals surface area contributed by atoms with Gasteiger partial charge in [0.2, 0.25) is 5.76 Å². The van der Waals surface area contributed by atoms with Crippen LogP contribution >= 0.6 is 0 Å². The Morgan fingerprint density at radius 1 is 1.15 bits per heavy atom. The fraction of sp³-hybridized carbons (Fsp3) is 0.440. The van der Waals surface area contributed by atoms with Gasteiger partial charge in [-0.1, -0.05) is 24.2 Å². The van der Waals surface area contributed by atoms with Gasteiger partial charge in [0.1, 0.15) is 5.52 Å². The second-order valence-electron chi connectivity index (χ2n) is 8.35. The number of hydrogen-bond donors (Lipinski definition) is 1. The number of carbonyl (C=O) groups excluding carboxylic acids is 2. The third-order valence-electron chi connectivity index (χ3n) is 5.94. The highest BCUT2D eigenvalue weighted by Gasteiger charge is 2.30. The monoisotopic (exact) mass is 450 g/mol. The van der Waals surface area contributed by atoms with E-state index in [4.69, 9.17) is 14.2 Å². The Labute approximate surface area is 193 Å². The quantitative estimate of drug-likeness (QED) is 0.526. The van der Waals surface area contributed by atoms with Crippen LogP contribution in [0.25, 0.3) is 10.9 Å². The number of aryl methyl sites for hydroxylation is 1. The molecule has 2 amide bonds. The lowest BCUT2D eigenvalue weighted by atomic mass is 9.89. The molecule has 0 aliphatic carbocycles. The van der Waals surface area contributed by atoms with Gasteiger partial charge in [-0.3, -0.25) is 14.6 Å². The van der Waals surface area contributed by atoms with Gasteiger partial charge in [-0.2, -0.15) is 0 Å². The number of likely N-dealkylation sites (tertiary alicyclic amines) is 1. The summed E-state index contributed by atoms with van der Waals surface area (Å²) < 4.78 is 10.8. The van der Waals surface area contributed by atoms with Crippen LogP contribution in [0.4, 0.5) is 0 Å². The Morgan fingerprint density at radius 3 is 2.73 bits per heavy atom. The lowest BCUT2D eigenvalue weighted by Crippen LogP contribution is -2.38. The molecule has 0 saturated carbocycles. The van der Waals surface area contributed by atoms with Gasteiger partial charge in [0.25, 0.3) is 11.8 Å². The molecule has 0 bridgehead atoms. The minimum absolute atomic E-state index is 0.109. The summed E-state index contributed by atoms with van der Waals surface area (Å²) in [4.78, 5) is 32.4. The highest BCUT2D eigenvalue weighted by Crippen LogP contribution is 2.31. The Morgan fingerprint density at radius 2 is 1.94 bits per heavy atom. The number of hydrogen-bond acceptors (Lipinski definition) is 6. The fourth-order valence-electron chi connectivity index (χ4n) is 4.20. The first kappa shape index (κ1) is 22.9. The molecule has 0 atom stereocenters. The molecule has 3 aromatic rings. The molecular formula is C25H30N4O4. The lowest BCUT2D eigenvalue weighted by molar-refractivity contribution is 0.0671. The van der Waals surface area contributed by atoms with E-state index in [2.05, 4.69) is 17.4 Å². The number of nitrogens with zero attached hydrogens (tertiary/aromatic N) is 3. The summed E-state index contributed by atoms with van der Waals surface area (Å²) in [5.74, 6) is 0.106. The SMILES string of the molecule is CCCOCCNC(=O)c1ccc(C)nc1C1CCN(C(=O)c2onc3ccccc23)CC1. The number of carbonyl (C=O) groups is 2. The van der Waals surface area contributed by atoms with Crippen LogP contribution < -0.4 is 5.32 Å². The molecule has 3 heterocycles. The van der Waals surface area contributed by atoms with Crippen molar-refractivity contribution in [3.05, 3.63) is 59.1 Å². The number of ether oxygens (including phenoxy) is 1. The molecule has 8 heteroatoms. The molecular weight excluding hydrogens is 420 g/mol. The number of rotatable bonds is 8. The summed E-state index contributed by atoms with van der Waals surface area (Å²) in [5, 5.41) is 7.65. The Balaban J connectivity index is 1.41. The lowest BCUT2D eigenvalue weighted by Gasteiger charge is -2.32. The van der Waals surface area contributed by atoms with E-state index in [0.717, 1.165) is 36.0 Å². The van der Waals surface area contributed by atoms with E-state index in [-0.39, 0.29) is 23.5 Å². The van der Waals surface area contributed by atoms with Crippen LogP contribution in [-0.2, 0) is 4.74 Å². The van der Waals surface area contributed by atoms with Crippen molar-refractivity contribution in [1.29, 1.82) is 0 Å². The van der Waals surface area contributed by atoms with Crippen molar-refractivity contribution in [2.24, 2.45) is 0 Å². The van der Waals surface area contributed by atoms with Gasteiger partial charge in [0.15, 0.2) is 0 Å². The van der Waals surface area contributed by atoms with Crippen molar-refractivity contribution >= 4 is 22.7 Å². The second kappa shape index (κ2) is 10.6. The molecule has 174 valence electrons. The van der Waals surface area contributed by atoms with E-state index in [1.165, 1.54) is 0 Å². The number of amides is 2. The van der Waals surface area contributed by atoms with Crippen molar-refractivity contribution in [3.8, 4) is 0 Å². The number of benzene rings is 1. The summed E-state index contributed by atoms with van der Waals surface area (Å²) in [6.07, 6.45) is 2.41. The highest BCUT2D eigenvalue weighted by molar-refractivity contribution is 6.03. The number of piperidine rings is 1. The Bertz CT molecular complexity index is 1120. The van der Waals surface area contributed by atoms with Gasteiger partial charge < -0.3 is 19.5 Å². The van der Waals surface area contributed by atoms with Gasteiger partial charge in [-0.15, -0.1) is 0 Å². The van der Waals surface area contributed by atoms with Crippen LogP contribution in [0.3, 0.4) is 0 Å². The average Bonchev–Trinajstić information content (AvgIpc) is 3.27. The number of nitrogens with one attached hydrogen (secondary N) is 1. The van der Waals surface area contributed by atoms with Crippen LogP contribution in [-0.4, -0.2) is 59.7 Å². The van der Waals surface area contributed by atoms with Crippen molar-refractivity contribution in [1.82, 2.24) is 20.4 Å². The molecule has 4 rings (SSSR count). The minimum atomic E-state index is -0.149. The number of fused-ring (bicyclic) bond motifs is 1. The first-order chi connectivity index (χ1) is 16.1. The Kier molecular flexibility index (Phi) is 7.34. The first-order valence-corrected chi connectivity index (χ1v) is 11.6. The molecule has 1 saturated heterocycles. The molecule has 2 aromatic heterocycles. The highest BCUT2D eigenvalue weighted by atomic mass is 16.5. The zero-order chi connectivity index (χ0) is 23.2. The normalized spacial score (nSPS) is 14.5. The third-order valence-corrected chi connectivity index (χ3v) is 5.94. The standard InChI is InChI=1S/C25H30N4O4/c1-3-15-32-16-12-26-24(30)20-9-8-17(2)27-22(20)18-10-13-29(14-11-18)25(31)23-19-6-4-5-7-21(19)28-33-23/h4-9,18H,3,10-16H2,1-2H3,(H,26,30). The summed E-state index contributed by atoms with van der Waals surface area (Å²) >= 11 is 0. The molecule has 8 nitrogen and oxygen atoms in total. The van der Waals surface area contributed by atoms with E-state index in [0.29, 0.717) is 43.9 Å². The van der Waals surface area contributed by atoms with E-state index < -0.39 is 0 Å². The van der Waals surface area contributed by atoms with Crippen LogP contribution in [0.1, 0.15) is 64.4 Å². The van der Waals surface area contributed by atoms with Crippen LogP contribution in [0.5, 0.6) is 0 Å². The van der Waals surface area contributed by atoms with Gasteiger partial charge in [0, 0.05) is 37.9 Å². The fourth-order valence-corrected chi connectivity index (χ4v) is 4.20. The number of pyridine rings is 1. The summed E-state index contributed by atoms with van der Waals surface area (Å²) in [5.41, 5.74) is 2.95. The topological polar surface area (TPSA) is 97.6 Å². The van der Waals surface area contributed by atoms with Crippen molar-refractivity contribution in [3.63, 3.8) is 0 Å². The van der Waals surface area contributed by atoms with Crippen LogP contribution in [0.15, 0.2) is 40.9 Å². The maximum absolute atomic E-state index is 13.0. The van der Waals surface area contributed by atoms with Gasteiger partial charge in [-0.05, 0) is 50.5 Å². The van der Waals surface area contributed by atoms with Crippen molar-refractivity contribution < 1.29 is 18.8 Å². The molecule has 1 fully saturated rings. The van der Waals surface area contributed by atoms with Crippen molar-refractivity contribution in [2.75, 3.05) is 32.8 Å². The molecule has 1 N–H and O–H groups in total. The predicted molar refractivity (Wildman–Crippen MR) is 124 cm³/mol. The summed E-state index contributed by atoms with van der Waals surface area (Å²) in [6, 6.07) is 11.1. The molecule has 0 unspecified atom stereocenters. The van der Waals surface area contributed by atoms with Crippen LogP contribution in [0, 0.1) is 6.92 Å². The minimum Gasteiger partial charge on any atom is -0.380 e. The predicted octanol–water partition coefficient (Wildman–Crippen LogP) is 3.71. The van der Waals surface area contributed by atoms with Gasteiger partial charge in [0.05, 0.1) is 23.3 Å². The van der Waals surface area contributed by atoms with E-state index >= 15 is 0 Å². The molecule has 0 spiro atoms. The molecule has 0 radical (unpaired) electrons. The largest absolute Gasteiger partial charge is 0.380 e. The average molecular weight is 451 g/mol. The molecule has 1 aromatic carbocycles. The van der Waals surface area contributed by atoms with E-state index in [9.17, 15) is 9.59 Å². The first-order valence-electron chi connectivity index (χ1n) is 11.6. The van der Waals surface area contributed by atoms with Gasteiger partial charge in [-0.25, -0.2) is 0 Å². The Hall–Kier alpha value is -3.26. The molecule has 1 aliphatic rings. The molecule has 33 heavy (non-hydrogen) atoms. The third kappa shape index (κ3) is 5.22. The zero-order valence-electron chi connectivity index (χ0n) is 19.2. The zero-order valence-corrected chi connectivity index (χ0v) is 19.2. The van der Waals surface area contributed by atoms with Crippen molar-refractivity contribution in [2.45, 2.75) is 39.0 Å². The summed E-state index contributed by atoms with van der Waals surface area (Å²) in [7, 11) is 0. The maximum Gasteiger partial charge on any atom is 0.293 e. The smallest absolute Gasteiger partial charge is 0.293 e.